The van der Waals surface area contributed by atoms with Crippen molar-refractivity contribution in [1.82, 2.24) is 9.55 Å². The second-order valence-electron chi connectivity index (χ2n) is 4.24. The third-order valence-corrected chi connectivity index (χ3v) is 3.03. The van der Waals surface area contributed by atoms with Gasteiger partial charge in [-0.1, -0.05) is 0 Å². The van der Waals surface area contributed by atoms with Gasteiger partial charge in [-0.25, -0.2) is 4.98 Å². The second kappa shape index (κ2) is 5.56. The number of aryl methyl sites for hydroxylation is 1. The first-order valence-electron chi connectivity index (χ1n) is 5.98. The molecule has 1 aromatic carbocycles. The summed E-state index contributed by atoms with van der Waals surface area (Å²) in [5.74, 6) is 0.763. The zero-order chi connectivity index (χ0) is 13.8. The van der Waals surface area contributed by atoms with E-state index in [2.05, 4.69) is 4.98 Å². The van der Waals surface area contributed by atoms with Gasteiger partial charge in [0.1, 0.15) is 11.6 Å². The van der Waals surface area contributed by atoms with Crippen molar-refractivity contribution in [3.8, 4) is 17.0 Å². The van der Waals surface area contributed by atoms with E-state index in [0.717, 1.165) is 22.8 Å². The van der Waals surface area contributed by atoms with Gasteiger partial charge in [-0.15, -0.1) is 0 Å². The molecule has 0 saturated heterocycles. The van der Waals surface area contributed by atoms with Crippen LogP contribution in [0.5, 0.6) is 5.75 Å². The summed E-state index contributed by atoms with van der Waals surface area (Å²) in [6.07, 6.45) is 2.29. The zero-order valence-electron chi connectivity index (χ0n) is 11.0. The van der Waals surface area contributed by atoms with Crippen LogP contribution in [0.15, 0.2) is 30.5 Å². The molecule has 0 amide bonds. The molecule has 1 N–H and O–H groups in total. The molecule has 0 bridgehead atoms. The predicted molar refractivity (Wildman–Crippen MR) is 71.2 cm³/mol. The van der Waals surface area contributed by atoms with Gasteiger partial charge in [0.15, 0.2) is 0 Å². The van der Waals surface area contributed by atoms with E-state index in [0.29, 0.717) is 6.42 Å². The van der Waals surface area contributed by atoms with Gasteiger partial charge in [0.2, 0.25) is 0 Å². The highest BCUT2D eigenvalue weighted by atomic mass is 16.5. The van der Waals surface area contributed by atoms with E-state index in [1.807, 2.05) is 35.9 Å². The molecular weight excluding hydrogens is 244 g/mol. The quantitative estimate of drug-likeness (QED) is 0.894. The summed E-state index contributed by atoms with van der Waals surface area (Å²) in [5.41, 5.74) is 1.99. The van der Waals surface area contributed by atoms with E-state index in [1.165, 1.54) is 0 Å². The largest absolute Gasteiger partial charge is 0.497 e. The Balaban J connectivity index is 2.22. The van der Waals surface area contributed by atoms with E-state index in [9.17, 15) is 4.79 Å². The summed E-state index contributed by atoms with van der Waals surface area (Å²) in [4.78, 5) is 14.9. The Morgan fingerprint density at radius 2 is 2.05 bits per heavy atom. The smallest absolute Gasteiger partial charge is 0.303 e. The van der Waals surface area contributed by atoms with Crippen LogP contribution < -0.4 is 4.74 Å². The molecule has 0 aliphatic rings. The molecule has 5 nitrogen and oxygen atoms in total. The van der Waals surface area contributed by atoms with Gasteiger partial charge in [0.25, 0.3) is 0 Å². The molecule has 0 aliphatic heterocycles. The number of hydrogen-bond donors (Lipinski definition) is 1. The number of rotatable bonds is 5. The lowest BCUT2D eigenvalue weighted by molar-refractivity contribution is -0.137. The monoisotopic (exact) mass is 260 g/mol. The van der Waals surface area contributed by atoms with E-state index >= 15 is 0 Å². The van der Waals surface area contributed by atoms with Crippen LogP contribution in [-0.4, -0.2) is 27.7 Å². The molecule has 0 saturated carbocycles. The van der Waals surface area contributed by atoms with Crippen LogP contribution in [0.25, 0.3) is 11.3 Å². The molecule has 1 heterocycles. The van der Waals surface area contributed by atoms with Gasteiger partial charge < -0.3 is 14.4 Å². The summed E-state index contributed by atoms with van der Waals surface area (Å²) < 4.78 is 7.04. The lowest BCUT2D eigenvalue weighted by atomic mass is 10.1. The Bertz CT molecular complexity index is 573. The predicted octanol–water partition coefficient (Wildman–Crippen LogP) is 2.11. The molecule has 2 rings (SSSR count). The average Bonchev–Trinajstić information content (AvgIpc) is 2.78. The highest BCUT2D eigenvalue weighted by Crippen LogP contribution is 2.23. The standard InChI is InChI=1S/C14H16N2O3/c1-16-12(9-15-13(16)7-8-14(17)18)10-3-5-11(19-2)6-4-10/h3-6,9H,7-8H2,1-2H3,(H,17,18). The van der Waals surface area contributed by atoms with E-state index < -0.39 is 5.97 Å². The number of ether oxygens (including phenoxy) is 1. The Labute approximate surface area is 111 Å². The number of benzene rings is 1. The van der Waals surface area contributed by atoms with E-state index in [-0.39, 0.29) is 6.42 Å². The number of carboxylic acid groups (broad SMARTS) is 1. The van der Waals surface area contributed by atoms with Gasteiger partial charge in [0, 0.05) is 19.0 Å². The maximum Gasteiger partial charge on any atom is 0.303 e. The number of hydrogen-bond acceptors (Lipinski definition) is 3. The summed E-state index contributed by atoms with van der Waals surface area (Å²) in [6, 6.07) is 7.69. The van der Waals surface area contributed by atoms with Crippen LogP contribution in [-0.2, 0) is 18.3 Å². The van der Waals surface area contributed by atoms with Crippen LogP contribution in [0.2, 0.25) is 0 Å². The lowest BCUT2D eigenvalue weighted by Crippen LogP contribution is -2.04. The summed E-state index contributed by atoms with van der Waals surface area (Å²) in [7, 11) is 3.52. The summed E-state index contributed by atoms with van der Waals surface area (Å²) in [6.45, 7) is 0. The molecule has 1 aromatic heterocycles. The zero-order valence-corrected chi connectivity index (χ0v) is 11.0. The van der Waals surface area contributed by atoms with Gasteiger partial charge >= 0.3 is 5.97 Å². The molecule has 0 unspecified atom stereocenters. The van der Waals surface area contributed by atoms with Crippen molar-refractivity contribution >= 4 is 5.97 Å². The van der Waals surface area contributed by atoms with E-state index in [1.54, 1.807) is 13.3 Å². The Morgan fingerprint density at radius 3 is 2.63 bits per heavy atom. The van der Waals surface area contributed by atoms with Gasteiger partial charge in [-0.3, -0.25) is 4.79 Å². The first-order chi connectivity index (χ1) is 9.11. The average molecular weight is 260 g/mol. The minimum absolute atomic E-state index is 0.0902. The van der Waals surface area contributed by atoms with Crippen molar-refractivity contribution < 1.29 is 14.6 Å². The number of methoxy groups -OCH3 is 1. The molecule has 0 spiro atoms. The fourth-order valence-electron chi connectivity index (χ4n) is 1.93. The van der Waals surface area contributed by atoms with Crippen molar-refractivity contribution in [1.29, 1.82) is 0 Å². The van der Waals surface area contributed by atoms with Crippen LogP contribution >= 0.6 is 0 Å². The fourth-order valence-corrected chi connectivity index (χ4v) is 1.93. The maximum absolute atomic E-state index is 10.6. The number of imidazole rings is 1. The Kier molecular flexibility index (Phi) is 3.85. The third-order valence-electron chi connectivity index (χ3n) is 3.03. The molecule has 0 fully saturated rings. The van der Waals surface area contributed by atoms with Crippen LogP contribution in [0.3, 0.4) is 0 Å². The number of nitrogens with zero attached hydrogens (tertiary/aromatic N) is 2. The lowest BCUT2D eigenvalue weighted by Gasteiger charge is -2.06. The Hall–Kier alpha value is -2.30. The fraction of sp³-hybridized carbons (Fsp3) is 0.286. The molecular formula is C14H16N2O3. The molecule has 5 heteroatoms. The first-order valence-corrected chi connectivity index (χ1v) is 5.98. The minimum atomic E-state index is -0.811. The molecule has 19 heavy (non-hydrogen) atoms. The van der Waals surface area contributed by atoms with Crippen molar-refractivity contribution in [3.63, 3.8) is 0 Å². The van der Waals surface area contributed by atoms with Gasteiger partial charge in [-0.2, -0.15) is 0 Å². The van der Waals surface area contributed by atoms with E-state index in [4.69, 9.17) is 9.84 Å². The highest BCUT2D eigenvalue weighted by molar-refractivity contribution is 5.67. The molecule has 0 radical (unpaired) electrons. The molecule has 0 aliphatic carbocycles. The molecule has 0 atom stereocenters. The second-order valence-corrected chi connectivity index (χ2v) is 4.24. The number of carbonyl (C=O) groups is 1. The normalized spacial score (nSPS) is 10.4. The number of aliphatic carboxylic acids is 1. The summed E-state index contributed by atoms with van der Waals surface area (Å²) >= 11 is 0. The topological polar surface area (TPSA) is 64.3 Å². The van der Waals surface area contributed by atoms with Crippen molar-refractivity contribution in [2.45, 2.75) is 12.8 Å². The number of aromatic nitrogens is 2. The van der Waals surface area contributed by atoms with Crippen molar-refractivity contribution in [2.75, 3.05) is 7.11 Å². The summed E-state index contributed by atoms with van der Waals surface area (Å²) in [5, 5.41) is 8.70. The van der Waals surface area contributed by atoms with Crippen LogP contribution in [0, 0.1) is 0 Å². The van der Waals surface area contributed by atoms with Crippen LogP contribution in [0.4, 0.5) is 0 Å². The Morgan fingerprint density at radius 1 is 1.37 bits per heavy atom. The third kappa shape index (κ3) is 2.93. The SMILES string of the molecule is COc1ccc(-c2cnc(CCC(=O)O)n2C)cc1. The van der Waals surface area contributed by atoms with Gasteiger partial charge in [0.05, 0.1) is 25.4 Å². The van der Waals surface area contributed by atoms with Crippen LogP contribution in [0.1, 0.15) is 12.2 Å². The maximum atomic E-state index is 10.6. The van der Waals surface area contributed by atoms with Crippen molar-refractivity contribution in [3.05, 3.63) is 36.3 Å². The number of carboxylic acids is 1. The molecule has 100 valence electrons. The van der Waals surface area contributed by atoms with Crippen molar-refractivity contribution in [2.24, 2.45) is 7.05 Å². The van der Waals surface area contributed by atoms with Gasteiger partial charge in [-0.05, 0) is 24.3 Å². The molecule has 2 aromatic rings. The minimum Gasteiger partial charge on any atom is -0.497 e. The highest BCUT2D eigenvalue weighted by Gasteiger charge is 2.10. The first kappa shape index (κ1) is 13.1.